The van der Waals surface area contributed by atoms with Gasteiger partial charge < -0.3 is 9.88 Å². The zero-order valence-electron chi connectivity index (χ0n) is 16.4. The van der Waals surface area contributed by atoms with Crippen LogP contribution in [0.3, 0.4) is 0 Å². The van der Waals surface area contributed by atoms with Crippen molar-refractivity contribution in [2.24, 2.45) is 0 Å². The van der Waals surface area contributed by atoms with Gasteiger partial charge in [-0.3, -0.25) is 10.1 Å². The molecule has 1 aromatic heterocycles. The Labute approximate surface area is 164 Å². The monoisotopic (exact) mass is 369 g/mol. The van der Waals surface area contributed by atoms with E-state index in [-0.39, 0.29) is 11.4 Å². The van der Waals surface area contributed by atoms with E-state index >= 15 is 0 Å². The molecule has 4 nitrogen and oxygen atoms in total. The van der Waals surface area contributed by atoms with E-state index in [0.717, 1.165) is 41.0 Å². The number of amides is 1. The maximum absolute atomic E-state index is 14.1. The van der Waals surface area contributed by atoms with Gasteiger partial charge in [0.2, 0.25) is 0 Å². The van der Waals surface area contributed by atoms with Crippen LogP contribution in [0.1, 0.15) is 43.2 Å². The maximum atomic E-state index is 14.1. The molecule has 3 aromatic rings. The lowest BCUT2D eigenvalue weighted by molar-refractivity contribution is -0.123. The number of aromatic nitrogens is 1. The molecule has 1 spiro atoms. The summed E-state index contributed by atoms with van der Waals surface area (Å²) in [6.45, 7) is 7.18. The second kappa shape index (κ2) is 4.95. The average Bonchev–Trinajstić information content (AvgIpc) is 3.17. The van der Waals surface area contributed by atoms with Crippen LogP contribution in [-0.4, -0.2) is 23.0 Å². The predicted octanol–water partition coefficient (Wildman–Crippen LogP) is 4.10. The first-order valence-corrected chi connectivity index (χ1v) is 9.98. The van der Waals surface area contributed by atoms with Gasteiger partial charge in [0.1, 0.15) is 0 Å². The molecule has 0 saturated carbocycles. The lowest BCUT2D eigenvalue weighted by atomic mass is 9.81. The van der Waals surface area contributed by atoms with Gasteiger partial charge in [-0.1, -0.05) is 42.5 Å². The molecule has 2 N–H and O–H groups in total. The number of nitrogens with one attached hydrogen (secondary N) is 2. The molecule has 28 heavy (non-hydrogen) atoms. The molecule has 0 unspecified atom stereocenters. The number of allylic oxidation sites excluding steroid dienone is 1. The van der Waals surface area contributed by atoms with Crippen LogP contribution in [0, 0.1) is 0 Å². The molecule has 3 aliphatic heterocycles. The second-order valence-electron chi connectivity index (χ2n) is 8.77. The Morgan fingerprint density at radius 2 is 1.89 bits per heavy atom. The van der Waals surface area contributed by atoms with E-state index in [4.69, 9.17) is 0 Å². The Kier molecular flexibility index (Phi) is 2.85. The fourth-order valence-corrected chi connectivity index (χ4v) is 5.67. The van der Waals surface area contributed by atoms with Crippen molar-refractivity contribution in [3.8, 4) is 0 Å². The van der Waals surface area contributed by atoms with Crippen molar-refractivity contribution >= 4 is 28.1 Å². The van der Waals surface area contributed by atoms with Crippen LogP contribution in [0.15, 0.2) is 48.5 Å². The van der Waals surface area contributed by atoms with Gasteiger partial charge in [0.15, 0.2) is 5.54 Å². The van der Waals surface area contributed by atoms with Gasteiger partial charge in [-0.05, 0) is 44.4 Å². The van der Waals surface area contributed by atoms with Gasteiger partial charge in [-0.2, -0.15) is 0 Å². The fourth-order valence-electron chi connectivity index (χ4n) is 5.67. The summed E-state index contributed by atoms with van der Waals surface area (Å²) in [5.74, 6) is 0.121. The molecule has 1 atom stereocenters. The van der Waals surface area contributed by atoms with E-state index in [0.29, 0.717) is 0 Å². The van der Waals surface area contributed by atoms with Crippen LogP contribution in [0.25, 0.3) is 16.5 Å². The largest absolute Gasteiger partial charge is 0.356 e. The van der Waals surface area contributed by atoms with Crippen LogP contribution in [0.4, 0.5) is 5.69 Å². The normalized spacial score (nSPS) is 24.5. The number of carbonyl (C=O) groups excluding carboxylic acids is 1. The van der Waals surface area contributed by atoms with E-state index in [1.165, 1.54) is 16.5 Å². The topological polar surface area (TPSA) is 48.1 Å². The summed E-state index contributed by atoms with van der Waals surface area (Å²) in [4.78, 5) is 19.8. The minimum absolute atomic E-state index is 0.121. The molecule has 0 aliphatic carbocycles. The molecule has 0 saturated heterocycles. The first-order chi connectivity index (χ1) is 13.4. The minimum Gasteiger partial charge on any atom is -0.356 e. The van der Waals surface area contributed by atoms with E-state index in [1.54, 1.807) is 0 Å². The molecule has 0 radical (unpaired) electrons. The van der Waals surface area contributed by atoms with E-state index in [9.17, 15) is 4.79 Å². The first-order valence-electron chi connectivity index (χ1n) is 9.98. The molecule has 0 fully saturated rings. The quantitative estimate of drug-likeness (QED) is 0.627. The van der Waals surface area contributed by atoms with Gasteiger partial charge >= 0.3 is 0 Å². The van der Waals surface area contributed by atoms with Crippen LogP contribution in [0.2, 0.25) is 0 Å². The summed E-state index contributed by atoms with van der Waals surface area (Å²) < 4.78 is 0. The van der Waals surface area contributed by atoms with Crippen molar-refractivity contribution < 1.29 is 4.79 Å². The molecule has 4 heterocycles. The van der Waals surface area contributed by atoms with Gasteiger partial charge in [0.25, 0.3) is 5.91 Å². The Morgan fingerprint density at radius 1 is 1.07 bits per heavy atom. The number of H-pyrrole nitrogens is 1. The Balaban J connectivity index is 1.72. The number of anilines is 1. The number of benzene rings is 2. The lowest BCUT2D eigenvalue weighted by Gasteiger charge is -2.40. The number of carbonyl (C=O) groups is 1. The lowest BCUT2D eigenvalue weighted by Crippen LogP contribution is -2.58. The van der Waals surface area contributed by atoms with Gasteiger partial charge in [-0.25, -0.2) is 0 Å². The zero-order chi connectivity index (χ0) is 19.3. The van der Waals surface area contributed by atoms with Crippen LogP contribution in [-0.2, 0) is 16.8 Å². The highest BCUT2D eigenvalue weighted by Crippen LogP contribution is 2.54. The van der Waals surface area contributed by atoms with Crippen molar-refractivity contribution in [1.29, 1.82) is 0 Å². The molecule has 3 aliphatic rings. The average molecular weight is 369 g/mol. The predicted molar refractivity (Wildman–Crippen MR) is 112 cm³/mol. The highest BCUT2D eigenvalue weighted by molar-refractivity contribution is 6.15. The molecule has 140 valence electrons. The number of para-hydroxylation sites is 2. The third-order valence-electron chi connectivity index (χ3n) is 6.71. The molecule has 4 heteroatoms. The zero-order valence-corrected chi connectivity index (χ0v) is 16.4. The first kappa shape index (κ1) is 16.1. The van der Waals surface area contributed by atoms with E-state index in [2.05, 4.69) is 73.5 Å². The Bertz CT molecular complexity index is 1220. The third kappa shape index (κ3) is 1.68. The van der Waals surface area contributed by atoms with Crippen molar-refractivity contribution in [2.75, 3.05) is 11.4 Å². The van der Waals surface area contributed by atoms with Crippen LogP contribution >= 0.6 is 0 Å². The standard InChI is InChI=1S/C24H23N3O/c1-14-13-23(2,3)27-20-15(14)8-6-9-18(20)24(22(27)28)21-17(11-12-25-24)16-7-4-5-10-19(16)26-21/h4-10,13,25-26H,11-12H2,1-3H3/t24-/m0/s1. The van der Waals surface area contributed by atoms with Gasteiger partial charge in [0.05, 0.1) is 16.9 Å². The van der Waals surface area contributed by atoms with E-state index < -0.39 is 5.54 Å². The molecular formula is C24H23N3O. The number of hydrogen-bond acceptors (Lipinski definition) is 2. The van der Waals surface area contributed by atoms with Crippen LogP contribution in [0.5, 0.6) is 0 Å². The highest BCUT2D eigenvalue weighted by Gasteiger charge is 2.59. The summed E-state index contributed by atoms with van der Waals surface area (Å²) in [5, 5.41) is 4.87. The highest BCUT2D eigenvalue weighted by atomic mass is 16.2. The number of hydrogen-bond donors (Lipinski definition) is 2. The number of rotatable bonds is 0. The summed E-state index contributed by atoms with van der Waals surface area (Å²) >= 11 is 0. The Morgan fingerprint density at radius 3 is 2.75 bits per heavy atom. The fraction of sp³-hybridized carbons (Fsp3) is 0.292. The number of fused-ring (bicyclic) bond motifs is 5. The van der Waals surface area contributed by atoms with Gasteiger partial charge in [0, 0.05) is 28.6 Å². The van der Waals surface area contributed by atoms with Crippen LogP contribution < -0.4 is 10.2 Å². The summed E-state index contributed by atoms with van der Waals surface area (Å²) in [6.07, 6.45) is 3.13. The molecular weight excluding hydrogens is 346 g/mol. The number of nitrogens with zero attached hydrogens (tertiary/aromatic N) is 1. The smallest absolute Gasteiger partial charge is 0.258 e. The molecule has 1 amide bonds. The number of aromatic amines is 1. The summed E-state index contributed by atoms with van der Waals surface area (Å²) in [7, 11) is 0. The molecule has 2 aromatic carbocycles. The van der Waals surface area contributed by atoms with Crippen molar-refractivity contribution in [1.82, 2.24) is 10.3 Å². The Hall–Kier alpha value is -2.85. The van der Waals surface area contributed by atoms with Crippen molar-refractivity contribution in [3.05, 3.63) is 70.9 Å². The SMILES string of the molecule is CC1=CC(C)(C)N2C(=O)[C@]3(NCCc4c3[nH]c3ccccc43)c3cccc1c32. The van der Waals surface area contributed by atoms with Gasteiger partial charge in [-0.15, -0.1) is 0 Å². The van der Waals surface area contributed by atoms with E-state index in [1.807, 2.05) is 11.0 Å². The summed E-state index contributed by atoms with van der Waals surface area (Å²) in [6, 6.07) is 14.7. The minimum atomic E-state index is -0.840. The summed E-state index contributed by atoms with van der Waals surface area (Å²) in [5.41, 5.74) is 6.71. The van der Waals surface area contributed by atoms with Crippen molar-refractivity contribution in [2.45, 2.75) is 38.3 Å². The maximum Gasteiger partial charge on any atom is 0.258 e. The second-order valence-corrected chi connectivity index (χ2v) is 8.77. The molecule has 6 rings (SSSR count). The van der Waals surface area contributed by atoms with Crippen molar-refractivity contribution in [3.63, 3.8) is 0 Å². The third-order valence-corrected chi connectivity index (χ3v) is 6.71. The molecule has 0 bridgehead atoms.